The highest BCUT2D eigenvalue weighted by atomic mass is 35.5. The minimum atomic E-state index is -0.0886. The molecule has 2 N–H and O–H groups in total. The van der Waals surface area contributed by atoms with Gasteiger partial charge in [0.05, 0.1) is 5.41 Å². The number of piperidine rings is 1. The number of rotatable bonds is 4. The first kappa shape index (κ1) is 21.0. The van der Waals surface area contributed by atoms with Crippen molar-refractivity contribution in [3.8, 4) is 0 Å². The molecular weight excluding hydrogens is 333 g/mol. The summed E-state index contributed by atoms with van der Waals surface area (Å²) in [5.41, 5.74) is -0.0886. The van der Waals surface area contributed by atoms with Gasteiger partial charge < -0.3 is 15.5 Å². The lowest BCUT2D eigenvalue weighted by Crippen LogP contribution is -2.49. The van der Waals surface area contributed by atoms with Gasteiger partial charge in [0.2, 0.25) is 5.91 Å². The van der Waals surface area contributed by atoms with Crippen molar-refractivity contribution in [3.63, 3.8) is 0 Å². The second kappa shape index (κ2) is 9.45. The molecule has 0 unspecified atom stereocenters. The molecule has 3 fully saturated rings. The van der Waals surface area contributed by atoms with Crippen LogP contribution in [0.4, 0.5) is 0 Å². The molecule has 1 saturated carbocycles. The molecule has 0 spiro atoms. The SMILES string of the molecule is CC1CCN(CCNC(=O)[C@@]23CCCC[C@H]2CNC3)CC1.Cl.Cl. The van der Waals surface area contributed by atoms with Crippen LogP contribution in [0.2, 0.25) is 0 Å². The zero-order valence-electron chi connectivity index (χ0n) is 14.3. The highest BCUT2D eigenvalue weighted by molar-refractivity contribution is 5.85. The summed E-state index contributed by atoms with van der Waals surface area (Å²) in [6, 6.07) is 0. The normalized spacial score (nSPS) is 31.6. The van der Waals surface area contributed by atoms with E-state index in [0.29, 0.717) is 11.8 Å². The minimum Gasteiger partial charge on any atom is -0.354 e. The van der Waals surface area contributed by atoms with E-state index in [2.05, 4.69) is 22.5 Å². The monoisotopic (exact) mass is 365 g/mol. The quantitative estimate of drug-likeness (QED) is 0.803. The highest BCUT2D eigenvalue weighted by Crippen LogP contribution is 2.43. The van der Waals surface area contributed by atoms with Gasteiger partial charge in [0.15, 0.2) is 0 Å². The Morgan fingerprint density at radius 2 is 1.96 bits per heavy atom. The molecular formula is C17H33Cl2N3O. The van der Waals surface area contributed by atoms with Crippen LogP contribution in [0.25, 0.3) is 0 Å². The smallest absolute Gasteiger partial charge is 0.227 e. The molecule has 3 rings (SSSR count). The second-order valence-corrected chi connectivity index (χ2v) is 7.51. The Morgan fingerprint density at radius 1 is 1.22 bits per heavy atom. The summed E-state index contributed by atoms with van der Waals surface area (Å²) < 4.78 is 0. The maximum absolute atomic E-state index is 12.7. The van der Waals surface area contributed by atoms with E-state index in [1.54, 1.807) is 0 Å². The molecule has 2 saturated heterocycles. The van der Waals surface area contributed by atoms with Crippen LogP contribution in [-0.2, 0) is 4.79 Å². The summed E-state index contributed by atoms with van der Waals surface area (Å²) in [6.07, 6.45) is 7.44. The average Bonchev–Trinajstić information content (AvgIpc) is 2.94. The van der Waals surface area contributed by atoms with Crippen molar-refractivity contribution in [2.24, 2.45) is 17.3 Å². The number of fused-ring (bicyclic) bond motifs is 1. The summed E-state index contributed by atoms with van der Waals surface area (Å²) in [6.45, 7) is 8.52. The number of hydrogen-bond acceptors (Lipinski definition) is 3. The van der Waals surface area contributed by atoms with Crippen LogP contribution in [0.1, 0.15) is 45.4 Å². The Labute approximate surface area is 153 Å². The molecule has 0 aromatic rings. The summed E-state index contributed by atoms with van der Waals surface area (Å²) >= 11 is 0. The van der Waals surface area contributed by atoms with Crippen LogP contribution in [-0.4, -0.2) is 50.1 Å². The molecule has 3 aliphatic rings. The molecule has 0 bridgehead atoms. The molecule has 0 aromatic heterocycles. The van der Waals surface area contributed by atoms with Crippen molar-refractivity contribution in [1.82, 2.24) is 15.5 Å². The largest absolute Gasteiger partial charge is 0.354 e. The van der Waals surface area contributed by atoms with Gasteiger partial charge in [0.1, 0.15) is 0 Å². The molecule has 0 radical (unpaired) electrons. The number of hydrogen-bond donors (Lipinski definition) is 2. The fraction of sp³-hybridized carbons (Fsp3) is 0.941. The molecule has 6 heteroatoms. The van der Waals surface area contributed by atoms with Crippen molar-refractivity contribution in [3.05, 3.63) is 0 Å². The molecule has 1 amide bonds. The number of likely N-dealkylation sites (tertiary alicyclic amines) is 1. The third-order valence-corrected chi connectivity index (χ3v) is 6.08. The van der Waals surface area contributed by atoms with Crippen LogP contribution in [0.15, 0.2) is 0 Å². The Hall–Kier alpha value is -0.0300. The summed E-state index contributed by atoms with van der Waals surface area (Å²) in [5.74, 6) is 1.77. The van der Waals surface area contributed by atoms with Crippen molar-refractivity contribution in [2.45, 2.75) is 45.4 Å². The summed E-state index contributed by atoms with van der Waals surface area (Å²) in [7, 11) is 0. The van der Waals surface area contributed by atoms with E-state index in [0.717, 1.165) is 38.5 Å². The number of nitrogens with zero attached hydrogens (tertiary/aromatic N) is 1. The standard InChI is InChI=1S/C17H31N3O.2ClH/c1-14-5-9-20(10-6-14)11-8-19-16(21)17-7-3-2-4-15(17)12-18-13-17;;/h14-15,18H,2-13H2,1H3,(H,19,21);2*1H/t15-,17+;;/m0../s1. The van der Waals surface area contributed by atoms with E-state index >= 15 is 0 Å². The Kier molecular flexibility index (Phi) is 8.64. The van der Waals surface area contributed by atoms with Crippen LogP contribution < -0.4 is 10.6 Å². The van der Waals surface area contributed by atoms with Crippen molar-refractivity contribution >= 4 is 30.7 Å². The zero-order chi connectivity index (χ0) is 14.7. The van der Waals surface area contributed by atoms with Gasteiger partial charge >= 0.3 is 0 Å². The lowest BCUT2D eigenvalue weighted by molar-refractivity contribution is -0.134. The van der Waals surface area contributed by atoms with Gasteiger partial charge in [0.25, 0.3) is 0 Å². The number of carbonyl (C=O) groups excluding carboxylic acids is 1. The summed E-state index contributed by atoms with van der Waals surface area (Å²) in [5, 5.41) is 6.71. The number of carbonyl (C=O) groups is 1. The van der Waals surface area contributed by atoms with Gasteiger partial charge in [-0.15, -0.1) is 24.8 Å². The van der Waals surface area contributed by atoms with Gasteiger partial charge in [-0.1, -0.05) is 19.8 Å². The fourth-order valence-corrected chi connectivity index (χ4v) is 4.48. The third kappa shape index (κ3) is 4.75. The van der Waals surface area contributed by atoms with Crippen molar-refractivity contribution < 1.29 is 4.79 Å². The zero-order valence-corrected chi connectivity index (χ0v) is 15.9. The fourth-order valence-electron chi connectivity index (χ4n) is 4.48. The topological polar surface area (TPSA) is 44.4 Å². The van der Waals surface area contributed by atoms with E-state index in [-0.39, 0.29) is 30.2 Å². The lowest BCUT2D eigenvalue weighted by atomic mass is 9.67. The van der Waals surface area contributed by atoms with E-state index < -0.39 is 0 Å². The Balaban J connectivity index is 0.00000132. The third-order valence-electron chi connectivity index (χ3n) is 6.08. The molecule has 2 heterocycles. The molecule has 1 aliphatic carbocycles. The molecule has 136 valence electrons. The van der Waals surface area contributed by atoms with Crippen LogP contribution in [0.5, 0.6) is 0 Å². The maximum Gasteiger partial charge on any atom is 0.227 e. The van der Waals surface area contributed by atoms with Crippen LogP contribution >= 0.6 is 24.8 Å². The van der Waals surface area contributed by atoms with Gasteiger partial charge in [-0.25, -0.2) is 0 Å². The molecule has 0 aromatic carbocycles. The lowest BCUT2D eigenvalue weighted by Gasteiger charge is -2.37. The predicted molar refractivity (Wildman–Crippen MR) is 99.6 cm³/mol. The van der Waals surface area contributed by atoms with E-state index in [1.165, 1.54) is 45.2 Å². The van der Waals surface area contributed by atoms with Gasteiger partial charge in [-0.2, -0.15) is 0 Å². The molecule has 2 aliphatic heterocycles. The second-order valence-electron chi connectivity index (χ2n) is 7.51. The maximum atomic E-state index is 12.7. The molecule has 23 heavy (non-hydrogen) atoms. The predicted octanol–water partition coefficient (Wildman–Crippen LogP) is 2.46. The van der Waals surface area contributed by atoms with Gasteiger partial charge in [-0.3, -0.25) is 4.79 Å². The van der Waals surface area contributed by atoms with Gasteiger partial charge in [-0.05, 0) is 57.2 Å². The highest BCUT2D eigenvalue weighted by Gasteiger charge is 2.49. The summed E-state index contributed by atoms with van der Waals surface area (Å²) in [4.78, 5) is 15.2. The van der Waals surface area contributed by atoms with E-state index in [1.807, 2.05) is 0 Å². The Morgan fingerprint density at radius 3 is 2.70 bits per heavy atom. The first-order valence-electron chi connectivity index (χ1n) is 8.92. The number of amides is 1. The number of nitrogens with one attached hydrogen (secondary N) is 2. The van der Waals surface area contributed by atoms with Crippen molar-refractivity contribution in [1.29, 1.82) is 0 Å². The van der Waals surface area contributed by atoms with E-state index in [4.69, 9.17) is 0 Å². The van der Waals surface area contributed by atoms with Crippen molar-refractivity contribution in [2.75, 3.05) is 39.3 Å². The first-order chi connectivity index (χ1) is 10.2. The Bertz CT molecular complexity index is 375. The average molecular weight is 366 g/mol. The van der Waals surface area contributed by atoms with Crippen LogP contribution in [0, 0.1) is 17.3 Å². The minimum absolute atomic E-state index is 0. The van der Waals surface area contributed by atoms with Gasteiger partial charge in [0, 0.05) is 19.6 Å². The first-order valence-corrected chi connectivity index (χ1v) is 8.92. The van der Waals surface area contributed by atoms with E-state index in [9.17, 15) is 4.79 Å². The molecule has 4 nitrogen and oxygen atoms in total. The van der Waals surface area contributed by atoms with Crippen LogP contribution in [0.3, 0.4) is 0 Å². The number of halogens is 2. The molecule has 2 atom stereocenters.